The highest BCUT2D eigenvalue weighted by molar-refractivity contribution is 5.93. The Hall–Kier alpha value is -2.08. The van der Waals surface area contributed by atoms with Crippen LogP contribution in [0.2, 0.25) is 0 Å². The van der Waals surface area contributed by atoms with Crippen LogP contribution in [0.15, 0.2) is 29.3 Å². The van der Waals surface area contributed by atoms with Crippen molar-refractivity contribution >= 4 is 17.6 Å². The fourth-order valence-corrected chi connectivity index (χ4v) is 2.80. The molecular weight excluding hydrogens is 316 g/mol. The third-order valence-corrected chi connectivity index (χ3v) is 4.22. The quantitative estimate of drug-likeness (QED) is 0.431. The molecule has 0 saturated carbocycles. The zero-order chi connectivity index (χ0) is 17.9. The van der Waals surface area contributed by atoms with Crippen LogP contribution in [0.3, 0.4) is 0 Å². The number of rotatable bonds is 8. The average Bonchev–Trinajstić information content (AvgIpc) is 2.65. The summed E-state index contributed by atoms with van der Waals surface area (Å²) in [6.45, 7) is 5.87. The minimum absolute atomic E-state index is 0.230. The number of ether oxygens (including phenoxy) is 1. The Morgan fingerprint density at radius 1 is 1.24 bits per heavy atom. The van der Waals surface area contributed by atoms with E-state index >= 15 is 0 Å². The summed E-state index contributed by atoms with van der Waals surface area (Å²) >= 11 is 0. The van der Waals surface area contributed by atoms with Crippen molar-refractivity contribution in [1.82, 2.24) is 10.6 Å². The molecule has 1 heterocycles. The van der Waals surface area contributed by atoms with E-state index in [2.05, 4.69) is 27.8 Å². The van der Waals surface area contributed by atoms with Gasteiger partial charge in [0.25, 0.3) is 0 Å². The molecule has 1 amide bonds. The number of aliphatic imine (C=N–C) groups is 1. The van der Waals surface area contributed by atoms with Crippen molar-refractivity contribution in [2.24, 2.45) is 4.99 Å². The molecule has 0 radical (unpaired) electrons. The van der Waals surface area contributed by atoms with Gasteiger partial charge in [-0.3, -0.25) is 9.79 Å². The first-order valence-electron chi connectivity index (χ1n) is 9.16. The Morgan fingerprint density at radius 3 is 2.72 bits per heavy atom. The predicted molar refractivity (Wildman–Crippen MR) is 102 cm³/mol. The predicted octanol–water partition coefficient (Wildman–Crippen LogP) is 2.30. The third kappa shape index (κ3) is 6.38. The summed E-state index contributed by atoms with van der Waals surface area (Å²) in [7, 11) is 1.77. The Labute approximate surface area is 150 Å². The van der Waals surface area contributed by atoms with Crippen LogP contribution in [0.25, 0.3) is 0 Å². The van der Waals surface area contributed by atoms with Crippen LogP contribution in [0, 0.1) is 0 Å². The number of piperidine rings is 1. The Kier molecular flexibility index (Phi) is 8.25. The molecule has 0 aliphatic carbocycles. The standard InChI is InChI=1S/C19H30N4O2/c1-3-25-14-6-12-21-19(20-2)22-15-16-8-10-17(11-9-16)23-13-5-4-7-18(23)24/h8-11H,3-7,12-15H2,1-2H3,(H2,20,21,22). The Balaban J connectivity index is 1.77. The summed E-state index contributed by atoms with van der Waals surface area (Å²) in [4.78, 5) is 18.1. The molecule has 6 heteroatoms. The molecular formula is C19H30N4O2. The Bertz CT molecular complexity index is 557. The smallest absolute Gasteiger partial charge is 0.226 e. The second-order valence-electron chi connectivity index (χ2n) is 6.07. The zero-order valence-corrected chi connectivity index (χ0v) is 15.4. The van der Waals surface area contributed by atoms with Gasteiger partial charge in [0, 0.05) is 52.0 Å². The number of hydrogen-bond donors (Lipinski definition) is 2. The van der Waals surface area contributed by atoms with Gasteiger partial charge in [0.05, 0.1) is 0 Å². The van der Waals surface area contributed by atoms with Gasteiger partial charge in [0.2, 0.25) is 5.91 Å². The Morgan fingerprint density at radius 2 is 2.04 bits per heavy atom. The van der Waals surface area contributed by atoms with Gasteiger partial charge in [-0.15, -0.1) is 0 Å². The molecule has 1 saturated heterocycles. The van der Waals surface area contributed by atoms with E-state index in [-0.39, 0.29) is 5.91 Å². The zero-order valence-electron chi connectivity index (χ0n) is 15.4. The SMILES string of the molecule is CCOCCCNC(=NC)NCc1ccc(N2CCCCC2=O)cc1. The van der Waals surface area contributed by atoms with Crippen LogP contribution in [0.4, 0.5) is 5.69 Å². The summed E-state index contributed by atoms with van der Waals surface area (Å²) in [5, 5.41) is 6.58. The molecule has 1 aromatic rings. The maximum absolute atomic E-state index is 12.0. The van der Waals surface area contributed by atoms with Crippen molar-refractivity contribution in [3.8, 4) is 0 Å². The second kappa shape index (κ2) is 10.7. The first-order chi connectivity index (χ1) is 12.2. The second-order valence-corrected chi connectivity index (χ2v) is 6.07. The lowest BCUT2D eigenvalue weighted by Crippen LogP contribution is -2.37. The normalized spacial score (nSPS) is 15.4. The lowest BCUT2D eigenvalue weighted by Gasteiger charge is -2.26. The summed E-state index contributed by atoms with van der Waals surface area (Å²) in [5.41, 5.74) is 2.15. The van der Waals surface area contributed by atoms with E-state index in [9.17, 15) is 4.79 Å². The number of nitrogens with one attached hydrogen (secondary N) is 2. The van der Waals surface area contributed by atoms with E-state index in [0.717, 1.165) is 62.8 Å². The number of nitrogens with zero attached hydrogens (tertiary/aromatic N) is 2. The largest absolute Gasteiger partial charge is 0.382 e. The van der Waals surface area contributed by atoms with E-state index < -0.39 is 0 Å². The minimum atomic E-state index is 0.230. The van der Waals surface area contributed by atoms with E-state index in [1.54, 1.807) is 7.05 Å². The molecule has 0 bridgehead atoms. The van der Waals surface area contributed by atoms with E-state index in [1.807, 2.05) is 24.0 Å². The molecule has 2 rings (SSSR count). The summed E-state index contributed by atoms with van der Waals surface area (Å²) in [5.74, 6) is 1.01. The van der Waals surface area contributed by atoms with Crippen LogP contribution in [-0.2, 0) is 16.1 Å². The van der Waals surface area contributed by atoms with Gasteiger partial charge in [0.1, 0.15) is 0 Å². The van der Waals surface area contributed by atoms with E-state index in [0.29, 0.717) is 13.0 Å². The van der Waals surface area contributed by atoms with Crippen LogP contribution >= 0.6 is 0 Å². The molecule has 1 aliphatic rings. The van der Waals surface area contributed by atoms with Gasteiger partial charge >= 0.3 is 0 Å². The van der Waals surface area contributed by atoms with Gasteiger partial charge in [-0.25, -0.2) is 0 Å². The molecule has 138 valence electrons. The van der Waals surface area contributed by atoms with Crippen LogP contribution in [-0.4, -0.2) is 45.2 Å². The van der Waals surface area contributed by atoms with Gasteiger partial charge in [-0.1, -0.05) is 12.1 Å². The number of benzene rings is 1. The first kappa shape index (κ1) is 19.2. The third-order valence-electron chi connectivity index (χ3n) is 4.22. The molecule has 6 nitrogen and oxygen atoms in total. The summed E-state index contributed by atoms with van der Waals surface area (Å²) in [6.07, 6.45) is 3.70. The topological polar surface area (TPSA) is 66.0 Å². The molecule has 1 fully saturated rings. The fraction of sp³-hybridized carbons (Fsp3) is 0.579. The van der Waals surface area contributed by atoms with Gasteiger partial charge in [-0.2, -0.15) is 0 Å². The van der Waals surface area contributed by atoms with Crippen molar-refractivity contribution < 1.29 is 9.53 Å². The van der Waals surface area contributed by atoms with Crippen LogP contribution in [0.5, 0.6) is 0 Å². The van der Waals surface area contributed by atoms with E-state index in [1.165, 1.54) is 0 Å². The van der Waals surface area contributed by atoms with Gasteiger partial charge in [-0.05, 0) is 43.9 Å². The number of hydrogen-bond acceptors (Lipinski definition) is 3. The maximum Gasteiger partial charge on any atom is 0.226 e. The van der Waals surface area contributed by atoms with Crippen LogP contribution < -0.4 is 15.5 Å². The fourth-order valence-electron chi connectivity index (χ4n) is 2.80. The lowest BCUT2D eigenvalue weighted by molar-refractivity contribution is -0.119. The van der Waals surface area contributed by atoms with Crippen molar-refractivity contribution in [1.29, 1.82) is 0 Å². The van der Waals surface area contributed by atoms with Gasteiger partial charge in [0.15, 0.2) is 5.96 Å². The number of amides is 1. The van der Waals surface area contributed by atoms with Crippen molar-refractivity contribution in [3.63, 3.8) is 0 Å². The average molecular weight is 346 g/mol. The minimum Gasteiger partial charge on any atom is -0.382 e. The molecule has 1 aromatic carbocycles. The highest BCUT2D eigenvalue weighted by atomic mass is 16.5. The lowest BCUT2D eigenvalue weighted by atomic mass is 10.1. The molecule has 0 unspecified atom stereocenters. The number of guanidine groups is 1. The number of carbonyl (C=O) groups excluding carboxylic acids is 1. The van der Waals surface area contributed by atoms with Gasteiger partial charge < -0.3 is 20.3 Å². The monoisotopic (exact) mass is 346 g/mol. The maximum atomic E-state index is 12.0. The van der Waals surface area contributed by atoms with Crippen molar-refractivity contribution in [2.75, 3.05) is 38.3 Å². The molecule has 1 aliphatic heterocycles. The number of carbonyl (C=O) groups is 1. The summed E-state index contributed by atoms with van der Waals surface area (Å²) < 4.78 is 5.32. The molecule has 25 heavy (non-hydrogen) atoms. The summed E-state index contributed by atoms with van der Waals surface area (Å²) in [6, 6.07) is 8.18. The first-order valence-corrected chi connectivity index (χ1v) is 9.16. The molecule has 0 aromatic heterocycles. The molecule has 2 N–H and O–H groups in total. The highest BCUT2D eigenvalue weighted by Crippen LogP contribution is 2.21. The highest BCUT2D eigenvalue weighted by Gasteiger charge is 2.19. The van der Waals surface area contributed by atoms with E-state index in [4.69, 9.17) is 4.74 Å². The van der Waals surface area contributed by atoms with Crippen molar-refractivity contribution in [3.05, 3.63) is 29.8 Å². The molecule has 0 spiro atoms. The molecule has 0 atom stereocenters. The van der Waals surface area contributed by atoms with Crippen LogP contribution in [0.1, 0.15) is 38.2 Å². The van der Waals surface area contributed by atoms with Crippen molar-refractivity contribution in [2.45, 2.75) is 39.2 Å². The number of anilines is 1.